The fourth-order valence-corrected chi connectivity index (χ4v) is 5.32. The normalized spacial score (nSPS) is 23.8. The largest absolute Gasteiger partial charge is 0.507 e. The number of benzene rings is 2. The van der Waals surface area contributed by atoms with Crippen LogP contribution in [0.1, 0.15) is 55.0 Å². The number of aliphatic hydroxyl groups excluding tert-OH is 1. The van der Waals surface area contributed by atoms with E-state index in [2.05, 4.69) is 18.7 Å². The number of rotatable bonds is 6. The number of likely N-dealkylation sites (tertiary alicyclic amines) is 1. The summed E-state index contributed by atoms with van der Waals surface area (Å²) < 4.78 is 11.2. The van der Waals surface area contributed by atoms with E-state index in [1.165, 1.54) is 5.56 Å². The maximum absolute atomic E-state index is 13.4. The standard InChI is InChI=1S/C29H34N2O5/c1-18(2)20-4-6-21(7-5-20)26-25(27(32)22-8-9-24-23(17-22)16-19(3)36-24)28(33)29(34)31(26)11-10-30-12-14-35-15-13-30/h4-9,17-19,26,32H,10-16H2,1-3H3/t19-,26-/m0/s1. The Kier molecular flexibility index (Phi) is 6.86. The van der Waals surface area contributed by atoms with E-state index in [4.69, 9.17) is 9.47 Å². The molecule has 0 saturated carbocycles. The fourth-order valence-electron chi connectivity index (χ4n) is 5.32. The number of carbonyl (C=O) groups excluding carboxylic acids is 2. The van der Waals surface area contributed by atoms with Gasteiger partial charge in [0.25, 0.3) is 11.7 Å². The van der Waals surface area contributed by atoms with Gasteiger partial charge in [-0.2, -0.15) is 0 Å². The zero-order valence-corrected chi connectivity index (χ0v) is 21.2. The molecule has 2 aromatic rings. The molecule has 2 atom stereocenters. The molecule has 3 aliphatic heterocycles. The van der Waals surface area contributed by atoms with Crippen LogP contribution in [0.25, 0.3) is 5.76 Å². The molecule has 7 nitrogen and oxygen atoms in total. The zero-order valence-electron chi connectivity index (χ0n) is 21.2. The summed E-state index contributed by atoms with van der Waals surface area (Å²) in [6, 6.07) is 12.8. The first-order valence-corrected chi connectivity index (χ1v) is 12.8. The second kappa shape index (κ2) is 10.1. The Balaban J connectivity index is 1.53. The molecule has 3 aliphatic rings. The second-order valence-electron chi connectivity index (χ2n) is 10.2. The Labute approximate surface area is 212 Å². The number of fused-ring (bicyclic) bond motifs is 1. The molecule has 2 aromatic carbocycles. The number of carbonyl (C=O) groups is 2. The quantitative estimate of drug-likeness (QED) is 0.376. The van der Waals surface area contributed by atoms with Gasteiger partial charge in [0.1, 0.15) is 17.6 Å². The minimum Gasteiger partial charge on any atom is -0.507 e. The summed E-state index contributed by atoms with van der Waals surface area (Å²) in [6.07, 6.45) is 0.812. The number of hydrogen-bond donors (Lipinski definition) is 1. The number of hydrogen-bond acceptors (Lipinski definition) is 6. The van der Waals surface area contributed by atoms with Crippen molar-refractivity contribution < 1.29 is 24.2 Å². The lowest BCUT2D eigenvalue weighted by Crippen LogP contribution is -2.42. The van der Waals surface area contributed by atoms with E-state index in [0.29, 0.717) is 37.8 Å². The van der Waals surface area contributed by atoms with Crippen LogP contribution in [0, 0.1) is 0 Å². The molecule has 0 aliphatic carbocycles. The molecule has 0 spiro atoms. The molecular formula is C29H34N2O5. The summed E-state index contributed by atoms with van der Waals surface area (Å²) in [7, 11) is 0. The first kappa shape index (κ1) is 24.5. The van der Waals surface area contributed by atoms with Crippen molar-refractivity contribution in [2.75, 3.05) is 39.4 Å². The maximum Gasteiger partial charge on any atom is 0.295 e. The van der Waals surface area contributed by atoms with Gasteiger partial charge in [0.05, 0.1) is 24.8 Å². The first-order valence-electron chi connectivity index (χ1n) is 12.8. The van der Waals surface area contributed by atoms with Crippen LogP contribution in [0.4, 0.5) is 0 Å². The van der Waals surface area contributed by atoms with E-state index in [1.807, 2.05) is 43.3 Å². The van der Waals surface area contributed by atoms with Gasteiger partial charge in [-0.25, -0.2) is 0 Å². The van der Waals surface area contributed by atoms with Gasteiger partial charge in [0.2, 0.25) is 0 Å². The molecule has 2 saturated heterocycles. The van der Waals surface area contributed by atoms with Crippen LogP contribution in [0.3, 0.4) is 0 Å². The highest BCUT2D eigenvalue weighted by atomic mass is 16.5. The van der Waals surface area contributed by atoms with Gasteiger partial charge in [-0.15, -0.1) is 0 Å². The van der Waals surface area contributed by atoms with Crippen molar-refractivity contribution in [1.82, 2.24) is 9.80 Å². The van der Waals surface area contributed by atoms with E-state index < -0.39 is 17.7 Å². The molecule has 1 N–H and O–H groups in total. The van der Waals surface area contributed by atoms with Crippen LogP contribution < -0.4 is 4.74 Å². The van der Waals surface area contributed by atoms with Crippen molar-refractivity contribution in [2.45, 2.75) is 45.3 Å². The minimum atomic E-state index is -0.643. The average molecular weight is 491 g/mol. The van der Waals surface area contributed by atoms with Crippen LogP contribution in [0.5, 0.6) is 5.75 Å². The van der Waals surface area contributed by atoms with Gasteiger partial charge < -0.3 is 19.5 Å². The minimum absolute atomic E-state index is 0.0719. The van der Waals surface area contributed by atoms with Gasteiger partial charge >= 0.3 is 0 Å². The summed E-state index contributed by atoms with van der Waals surface area (Å²) in [5, 5.41) is 11.4. The molecule has 190 valence electrons. The molecule has 3 heterocycles. The zero-order chi connectivity index (χ0) is 25.4. The average Bonchev–Trinajstić information content (AvgIpc) is 3.38. The van der Waals surface area contributed by atoms with Gasteiger partial charge in [0, 0.05) is 38.2 Å². The van der Waals surface area contributed by atoms with Crippen molar-refractivity contribution in [3.8, 4) is 5.75 Å². The Hall–Kier alpha value is -3.16. The smallest absolute Gasteiger partial charge is 0.295 e. The van der Waals surface area contributed by atoms with E-state index in [9.17, 15) is 14.7 Å². The summed E-state index contributed by atoms with van der Waals surface area (Å²) in [4.78, 5) is 30.5. The number of amides is 1. The van der Waals surface area contributed by atoms with Crippen molar-refractivity contribution in [3.63, 3.8) is 0 Å². The topological polar surface area (TPSA) is 79.3 Å². The molecule has 0 bridgehead atoms. The lowest BCUT2D eigenvalue weighted by molar-refractivity contribution is -0.140. The van der Waals surface area contributed by atoms with E-state index in [-0.39, 0.29) is 17.4 Å². The Morgan fingerprint density at radius 1 is 1.06 bits per heavy atom. The monoisotopic (exact) mass is 490 g/mol. The molecule has 5 rings (SSSR count). The van der Waals surface area contributed by atoms with Crippen molar-refractivity contribution in [2.24, 2.45) is 0 Å². The van der Waals surface area contributed by atoms with Crippen molar-refractivity contribution in [3.05, 3.63) is 70.3 Å². The van der Waals surface area contributed by atoms with E-state index in [0.717, 1.165) is 36.4 Å². The molecule has 2 fully saturated rings. The summed E-state index contributed by atoms with van der Waals surface area (Å²) >= 11 is 0. The number of morpholine rings is 1. The fraction of sp³-hybridized carbons (Fsp3) is 0.448. The van der Waals surface area contributed by atoms with E-state index >= 15 is 0 Å². The second-order valence-corrected chi connectivity index (χ2v) is 10.2. The van der Waals surface area contributed by atoms with Crippen LogP contribution >= 0.6 is 0 Å². The highest BCUT2D eigenvalue weighted by Crippen LogP contribution is 2.40. The van der Waals surface area contributed by atoms with Crippen molar-refractivity contribution in [1.29, 1.82) is 0 Å². The lowest BCUT2D eigenvalue weighted by Gasteiger charge is -2.31. The predicted octanol–water partition coefficient (Wildman–Crippen LogP) is 3.89. The molecule has 7 heteroatoms. The van der Waals surface area contributed by atoms with Gasteiger partial charge in [-0.05, 0) is 47.7 Å². The van der Waals surface area contributed by atoms with Crippen LogP contribution in [0.2, 0.25) is 0 Å². The number of nitrogens with zero attached hydrogens (tertiary/aromatic N) is 2. The molecule has 0 aromatic heterocycles. The third kappa shape index (κ3) is 4.65. The number of Topliss-reactive ketones (excluding diaryl/α,β-unsaturated/α-hetero) is 1. The highest BCUT2D eigenvalue weighted by Gasteiger charge is 2.46. The molecule has 0 radical (unpaired) electrons. The summed E-state index contributed by atoms with van der Waals surface area (Å²) in [5.41, 5.74) is 3.66. The van der Waals surface area contributed by atoms with Gasteiger partial charge in [-0.3, -0.25) is 14.5 Å². The molecule has 36 heavy (non-hydrogen) atoms. The highest BCUT2D eigenvalue weighted by molar-refractivity contribution is 6.46. The van der Waals surface area contributed by atoms with Crippen LogP contribution in [-0.4, -0.2) is 72.1 Å². The number of ether oxygens (including phenoxy) is 2. The van der Waals surface area contributed by atoms with Crippen LogP contribution in [0.15, 0.2) is 48.0 Å². The van der Waals surface area contributed by atoms with Crippen molar-refractivity contribution >= 4 is 17.4 Å². The Bertz CT molecular complexity index is 1180. The number of ketones is 1. The molecular weight excluding hydrogens is 456 g/mol. The Morgan fingerprint density at radius 3 is 2.47 bits per heavy atom. The Morgan fingerprint density at radius 2 is 1.78 bits per heavy atom. The van der Waals surface area contributed by atoms with Crippen LogP contribution in [-0.2, 0) is 20.7 Å². The summed E-state index contributed by atoms with van der Waals surface area (Å²) in [6.45, 7) is 10.2. The maximum atomic E-state index is 13.4. The number of aliphatic hydroxyl groups is 1. The molecule has 0 unspecified atom stereocenters. The van der Waals surface area contributed by atoms with Gasteiger partial charge in [-0.1, -0.05) is 38.1 Å². The van der Waals surface area contributed by atoms with E-state index in [1.54, 1.807) is 11.0 Å². The summed E-state index contributed by atoms with van der Waals surface area (Å²) in [5.74, 6) is -0.186. The third-order valence-electron chi connectivity index (χ3n) is 7.39. The van der Waals surface area contributed by atoms with Gasteiger partial charge in [0.15, 0.2) is 0 Å². The first-order chi connectivity index (χ1) is 17.3. The lowest BCUT2D eigenvalue weighted by atomic mass is 9.92. The molecule has 1 amide bonds. The SMILES string of the molecule is CC(C)c1ccc([C@H]2C(=C(O)c3ccc4c(c3)C[C@H](C)O4)C(=O)C(=O)N2CCN2CCOCC2)cc1. The third-order valence-corrected chi connectivity index (χ3v) is 7.39. The predicted molar refractivity (Wildman–Crippen MR) is 137 cm³/mol.